The average Bonchev–Trinajstić information content (AvgIpc) is 1.58. The van der Waals surface area contributed by atoms with Gasteiger partial charge in [-0.1, -0.05) is 172 Å². The van der Waals surface area contributed by atoms with Crippen LogP contribution >= 0.6 is 0 Å². The van der Waals surface area contributed by atoms with E-state index < -0.39 is 99.8 Å². The summed E-state index contributed by atoms with van der Waals surface area (Å²) in [7, 11) is 3.69. The predicted octanol–water partition coefficient (Wildman–Crippen LogP) is 15.6. The number of hydrogen-bond donors (Lipinski definition) is 9. The van der Waals surface area contributed by atoms with E-state index in [-0.39, 0.29) is 115 Å². The number of nitrogens with two attached hydrogens (primary N) is 4. The van der Waals surface area contributed by atoms with Crippen molar-refractivity contribution in [2.24, 2.45) is 88.2 Å². The van der Waals surface area contributed by atoms with Crippen LogP contribution < -0.4 is 28.5 Å². The molecule has 0 spiro atoms. The lowest BCUT2D eigenvalue weighted by Crippen LogP contribution is -2.41. The number of nitrogens with one attached hydrogen (secondary N) is 2. The van der Waals surface area contributed by atoms with Gasteiger partial charge >= 0.3 is 5.97 Å². The largest absolute Gasteiger partial charge is 0.462 e. The number of aromatic nitrogens is 10. The molecule has 55 nitrogen and oxygen atoms in total. The van der Waals surface area contributed by atoms with Crippen molar-refractivity contribution in [1.29, 1.82) is 15.8 Å². The Morgan fingerprint density at radius 3 is 1.22 bits per heavy atom. The van der Waals surface area contributed by atoms with Crippen LogP contribution in [0.3, 0.4) is 0 Å². The highest BCUT2D eigenvalue weighted by molar-refractivity contribution is 5.83. The highest BCUT2D eigenvalue weighted by Gasteiger charge is 2.59. The molecule has 55 heteroatoms. The number of aliphatic hydroxyl groups is 3. The number of carbonyl (C=O) groups excluding carboxylic acids is 1. The molecule has 31 atom stereocenters. The van der Waals surface area contributed by atoms with Gasteiger partial charge in [-0.25, -0.2) is 19.9 Å². The number of aliphatic hydroxyl groups excluding tert-OH is 3. The number of fused-ring (bicyclic) bond motifs is 2. The maximum atomic E-state index is 11.4. The molecule has 5 aromatic rings. The molecular weight excluding hydrogens is 1820 g/mol. The Morgan fingerprint density at radius 1 is 0.486 bits per heavy atom. The smallest absolute Gasteiger partial charge is 0.318 e. The van der Waals surface area contributed by atoms with E-state index in [0.29, 0.717) is 33.8 Å². The molecule has 8 aliphatic heterocycles. The Morgan fingerprint density at radius 2 is 0.843 bits per heavy atom. The second-order valence-corrected chi connectivity index (χ2v) is 36.9. The molecule has 0 amide bonds. The van der Waals surface area contributed by atoms with Gasteiger partial charge in [0.1, 0.15) is 65.6 Å². The fourth-order valence-electron chi connectivity index (χ4n) is 18.9. The fourth-order valence-corrected chi connectivity index (χ4v) is 18.9. The molecule has 760 valence electrons. The summed E-state index contributed by atoms with van der Waals surface area (Å²) in [5.74, 6) is 6.07. The molecule has 13 rings (SSSR count). The van der Waals surface area contributed by atoms with Gasteiger partial charge in [0.2, 0.25) is 11.9 Å². The maximum Gasteiger partial charge on any atom is 0.318 e. The van der Waals surface area contributed by atoms with Crippen LogP contribution in [0.15, 0.2) is 95.7 Å². The summed E-state index contributed by atoms with van der Waals surface area (Å²) in [5.41, 5.74) is 86.2. The first-order valence-electron chi connectivity index (χ1n) is 45.9. The van der Waals surface area contributed by atoms with Crippen molar-refractivity contribution in [2.45, 2.75) is 346 Å². The Balaban J connectivity index is 0.000000247. The topological polar surface area (TPSA) is 847 Å². The van der Waals surface area contributed by atoms with E-state index in [1.807, 2.05) is 131 Å². The lowest BCUT2D eigenvalue weighted by atomic mass is 9.80. The number of cyclic esters (lactones) is 1. The number of hydrazine groups is 1. The van der Waals surface area contributed by atoms with E-state index in [0.717, 1.165) is 56.1 Å². The zero-order valence-electron chi connectivity index (χ0n) is 83.6. The first-order chi connectivity index (χ1) is 66.2. The molecule has 13 heterocycles. The third kappa shape index (κ3) is 23.6. The minimum atomic E-state index is -1.31. The van der Waals surface area contributed by atoms with Crippen molar-refractivity contribution in [2.75, 3.05) is 37.9 Å². The van der Waals surface area contributed by atoms with E-state index in [9.17, 15) is 25.4 Å². The number of azide groups is 8. The fraction of sp³-hybridized carbons (Fsp3) is 0.753. The van der Waals surface area contributed by atoms with Gasteiger partial charge < -0.3 is 80.7 Å². The van der Waals surface area contributed by atoms with Crippen molar-refractivity contribution >= 4 is 35.0 Å². The summed E-state index contributed by atoms with van der Waals surface area (Å²) >= 11 is 0. The number of aromatic amines is 1. The van der Waals surface area contributed by atoms with Crippen LogP contribution in [0.5, 0.6) is 0 Å². The van der Waals surface area contributed by atoms with Crippen LogP contribution in [0.4, 0.5) is 17.7 Å². The van der Waals surface area contributed by atoms with E-state index in [1.165, 1.54) is 34.1 Å². The Labute approximate surface area is 810 Å². The van der Waals surface area contributed by atoms with Crippen LogP contribution in [0.2, 0.25) is 0 Å². The Kier molecular flexibility index (Phi) is 41.3. The second kappa shape index (κ2) is 50.1. The van der Waals surface area contributed by atoms with Crippen LogP contribution in [-0.2, 0) is 42.7 Å². The van der Waals surface area contributed by atoms with Gasteiger partial charge in [0.05, 0.1) is 150 Å². The number of anilines is 3. The molecule has 6 unspecified atom stereocenters. The molecule has 8 saturated heterocycles. The van der Waals surface area contributed by atoms with Crippen molar-refractivity contribution in [3.63, 3.8) is 0 Å². The SMILES string of the molecule is CC[C@H]1OC(=O)[C@](C)(N=[N+]=[N-])[C@@H]1C.CC[C@H]1OC(C(C#N)=CN(C)C)[C@](C)(N=[N+]=[N-])[C@@H]1C.CC[C@H]1OC(C(C#N)=CNN)[C@](C)(N=[N+]=[N-])[C@@H]1C.CC[C@H]1OC(CC#N)[C@](C)(N=[N+]=[N-])[C@@H]1C.CC[C@H]1OC(O)[C@](C)(N=[N+]=[N-])[C@@H]1C.CC[C@H]1OC(c2cn[nH]c2N)[C@](C)(N=[N+]=[N-])[C@@H]1C.CC[C@H]1OC(c2cnn3c(N)ncnc23)[C@](C)(N=[N+]=[N-])[C@@H]1C.C[C@@]1(N=[N+]=[N-])[C@H](O)[C@@H](CO)O[C@H]1c1cnn2c(N)ncnc12. The summed E-state index contributed by atoms with van der Waals surface area (Å²) in [6.07, 6.45) is 10.5. The molecule has 140 heavy (non-hydrogen) atoms. The average molecular weight is 1950 g/mol. The van der Waals surface area contributed by atoms with E-state index in [2.05, 4.69) is 152 Å². The van der Waals surface area contributed by atoms with E-state index >= 15 is 0 Å². The Bertz CT molecular complexity index is 5540. The lowest BCUT2D eigenvalue weighted by molar-refractivity contribution is -0.144. The van der Waals surface area contributed by atoms with E-state index in [1.54, 1.807) is 51.2 Å². The van der Waals surface area contributed by atoms with Crippen LogP contribution in [0.25, 0.3) is 94.8 Å². The van der Waals surface area contributed by atoms with Crippen molar-refractivity contribution < 1.29 is 58.0 Å². The number of nitrogens with zero attached hydrogens (tertiary/aromatic N) is 37. The molecule has 0 bridgehead atoms. The molecule has 13 N–H and O–H groups in total. The standard InChI is InChI=1S/C13H18N8O.C13H21N5O.C11H14N8O3.2C11H18N6O.C10H16N4O.C8H15N3O2.C8H13N3O2/c1-4-9-7(2)13(3,19-20-15)10(22-9)8-5-18-21-11(8)16-6-17-12(21)14;1-6-11-9(2)13(3,16-17-15)12(19-11)10(7-14)8-18(4)5;1-11(17-18-13)7(21)6(3-20)22-8(11)5-2-16-19-9(5)14-4-15-10(19)12;1-4-8-6(2)11(3,16-17-13)9(18-8)7-5-14-15-10(7)12;1-4-9-7(2)11(3,16-17-14)10(18-9)8(5-12)6-15-13;1-4-8-7(2)10(3,13-14-12)9(15-8)5-6-11;2*1-4-6-5(2)8(3,10-11-9)7(12)13-6/h5-7,9-10H,4H2,1-3H3,(H2,14,16,17);8-9,11-12H,6H2,1-5H3;2,4,6-8,20-21H,3H2,1H3,(H2,12,14,15);5-6,8-9H,4H2,1-3H3,(H3,12,14,15);6-7,9-10,15H,4,13H2,1-3H3;7-9H,4-5H2,1-3H3;5-7,12H,4H2,1-3H3;5-6H,4H2,1-3H3/t7-,9-,10?,13-;9-,11-,12?,13-;6-,7-,8+,11-;6-,8-,9?,11-;7-,9-,10?,11-;7-,8-,9?,10-;5-,6-,7?,8-;5-,6-,8-/m11111111/s1. The van der Waals surface area contributed by atoms with Crippen LogP contribution in [0.1, 0.15) is 239 Å². The van der Waals surface area contributed by atoms with Crippen molar-refractivity contribution in [3.8, 4) is 18.2 Å². The number of hydrogen-bond acceptors (Lipinski definition) is 36. The number of H-pyrrole nitrogens is 1. The minimum Gasteiger partial charge on any atom is -0.462 e. The number of esters is 1. The first kappa shape index (κ1) is 115. The van der Waals surface area contributed by atoms with Crippen molar-refractivity contribution in [3.05, 3.63) is 155 Å². The maximum absolute atomic E-state index is 11.4. The molecule has 0 aromatic carbocycles. The van der Waals surface area contributed by atoms with E-state index in [4.69, 9.17) is 116 Å². The molecule has 0 aliphatic carbocycles. The van der Waals surface area contributed by atoms with Crippen LogP contribution in [-0.4, -0.2) is 220 Å². The van der Waals surface area contributed by atoms with Gasteiger partial charge in [0.25, 0.3) is 0 Å². The zero-order valence-corrected chi connectivity index (χ0v) is 83.6. The molecule has 5 aromatic heterocycles. The summed E-state index contributed by atoms with van der Waals surface area (Å²) in [4.78, 5) is 52.2. The molecule has 8 fully saturated rings. The second-order valence-electron chi connectivity index (χ2n) is 36.9. The van der Waals surface area contributed by atoms with Gasteiger partial charge in [-0.3, -0.25) is 15.7 Å². The Hall–Kier alpha value is -13.2. The molecule has 8 aliphatic rings. The zero-order chi connectivity index (χ0) is 105. The molecular formula is C85H133N43O12. The van der Waals surface area contributed by atoms with Gasteiger partial charge in [-0.15, -0.1) is 0 Å². The third-order valence-electron chi connectivity index (χ3n) is 29.0. The predicted molar refractivity (Wildman–Crippen MR) is 511 cm³/mol. The first-order valence-corrected chi connectivity index (χ1v) is 45.9. The highest BCUT2D eigenvalue weighted by atomic mass is 16.6. The summed E-state index contributed by atoms with van der Waals surface area (Å²) in [5, 5.41) is 102. The monoisotopic (exact) mass is 1950 g/mol. The van der Waals surface area contributed by atoms with Gasteiger partial charge in [-0.05, 0) is 145 Å². The van der Waals surface area contributed by atoms with Crippen molar-refractivity contribution in [1.82, 2.24) is 59.7 Å². The number of nitriles is 3. The molecule has 0 saturated carbocycles. The van der Waals surface area contributed by atoms with Crippen LogP contribution in [0, 0.1) is 75.4 Å². The molecule has 0 radical (unpaired) electrons. The third-order valence-corrected chi connectivity index (χ3v) is 29.0. The highest BCUT2D eigenvalue weighted by Crippen LogP contribution is 2.54. The number of carbonyl (C=O) groups is 1. The number of rotatable bonds is 24. The van der Waals surface area contributed by atoms with Gasteiger partial charge in [0.15, 0.2) is 17.6 Å². The van der Waals surface area contributed by atoms with Gasteiger partial charge in [-0.2, -0.15) is 40.1 Å². The normalized spacial score (nSPS) is 35.6. The van der Waals surface area contributed by atoms with Gasteiger partial charge in [0, 0.05) is 88.4 Å². The quantitative estimate of drug-likeness (QED) is 0.00527. The summed E-state index contributed by atoms with van der Waals surface area (Å²) in [6, 6.07) is 6.28. The minimum absolute atomic E-state index is 0.000544. The summed E-state index contributed by atoms with van der Waals surface area (Å²) in [6.45, 7) is 41.8. The number of ether oxygens (including phenoxy) is 8. The number of nitrogen functional groups attached to an aromatic ring is 3. The summed E-state index contributed by atoms with van der Waals surface area (Å²) < 4.78 is 48.5. The lowest BCUT2D eigenvalue weighted by Gasteiger charge is -2.28.